The average molecular weight is 391 g/mol. The van der Waals surface area contributed by atoms with E-state index < -0.39 is 30.5 Å². The molecule has 1 unspecified atom stereocenters. The van der Waals surface area contributed by atoms with Gasteiger partial charge in [-0.05, 0) is 51.2 Å². The zero-order valence-corrected chi connectivity index (χ0v) is 16.9. The Morgan fingerprint density at radius 2 is 1.93 bits per heavy atom. The van der Waals surface area contributed by atoms with Crippen LogP contribution in [0.1, 0.15) is 44.9 Å². The molecule has 1 aromatic carbocycles. The van der Waals surface area contributed by atoms with Crippen molar-refractivity contribution >= 4 is 18.7 Å². The van der Waals surface area contributed by atoms with Crippen LogP contribution in [0.2, 0.25) is 0 Å². The molecule has 1 amide bonds. The van der Waals surface area contributed by atoms with E-state index in [2.05, 4.69) is 0 Å². The summed E-state index contributed by atoms with van der Waals surface area (Å²) in [6.45, 7) is 8.86. The van der Waals surface area contributed by atoms with Crippen LogP contribution in [0, 0.1) is 0 Å². The molecule has 0 aromatic heterocycles. The van der Waals surface area contributed by atoms with Crippen molar-refractivity contribution in [2.24, 2.45) is 0 Å². The second-order valence-corrected chi connectivity index (χ2v) is 8.45. The molecule has 0 bridgehead atoms. The summed E-state index contributed by atoms with van der Waals surface area (Å²) in [6, 6.07) is 1.92. The zero-order valence-electron chi connectivity index (χ0n) is 16.9. The van der Waals surface area contributed by atoms with Gasteiger partial charge in [0, 0.05) is 12.6 Å². The Bertz CT molecular complexity index is 794. The number of nitrogens with zero attached hydrogens (tertiary/aromatic N) is 1. The number of amides is 1. The largest absolute Gasteiger partial charge is 0.495 e. The van der Waals surface area contributed by atoms with E-state index in [4.69, 9.17) is 23.5 Å². The fourth-order valence-corrected chi connectivity index (χ4v) is 3.78. The molecule has 3 aliphatic heterocycles. The number of fused-ring (bicyclic) bond motifs is 3. The number of benzene rings is 1. The van der Waals surface area contributed by atoms with Crippen LogP contribution in [0.3, 0.4) is 0 Å². The van der Waals surface area contributed by atoms with Crippen molar-refractivity contribution in [3.8, 4) is 11.5 Å². The molecule has 1 fully saturated rings. The van der Waals surface area contributed by atoms with E-state index in [-0.39, 0.29) is 13.3 Å². The zero-order chi connectivity index (χ0) is 20.3. The van der Waals surface area contributed by atoms with Crippen LogP contribution in [0.25, 0.3) is 0 Å². The first-order valence-electron chi connectivity index (χ1n) is 9.47. The van der Waals surface area contributed by atoms with Gasteiger partial charge in [-0.2, -0.15) is 0 Å². The molecule has 9 heteroatoms. The Morgan fingerprint density at radius 1 is 1.25 bits per heavy atom. The average Bonchev–Trinajstić information content (AvgIpc) is 3.15. The molecule has 3 aliphatic rings. The van der Waals surface area contributed by atoms with Crippen LogP contribution in [0.4, 0.5) is 4.79 Å². The predicted octanol–water partition coefficient (Wildman–Crippen LogP) is 1.94. The summed E-state index contributed by atoms with van der Waals surface area (Å²) >= 11 is 0. The highest BCUT2D eigenvalue weighted by Gasteiger charge is 2.53. The lowest BCUT2D eigenvalue weighted by atomic mass is 9.72. The normalized spacial score (nSPS) is 24.2. The van der Waals surface area contributed by atoms with Crippen molar-refractivity contribution in [1.29, 1.82) is 0 Å². The molecule has 4 rings (SSSR count). The summed E-state index contributed by atoms with van der Waals surface area (Å²) < 4.78 is 29.8. The maximum absolute atomic E-state index is 11.3. The SMILES string of the molecule is CN(CC1OCCc2c(B3OC(C)(C)C(C)(C)O3)cc3c(c21)OCO3)C(=O)O. The second kappa shape index (κ2) is 6.54. The molecule has 0 saturated carbocycles. The molecule has 1 atom stereocenters. The smallest absolute Gasteiger partial charge is 0.465 e. The van der Waals surface area contributed by atoms with E-state index in [1.165, 1.54) is 11.9 Å². The highest BCUT2D eigenvalue weighted by molar-refractivity contribution is 6.62. The Labute approximate surface area is 164 Å². The number of rotatable bonds is 3. The number of carboxylic acid groups (broad SMARTS) is 1. The monoisotopic (exact) mass is 391 g/mol. The highest BCUT2D eigenvalue weighted by Crippen LogP contribution is 2.45. The summed E-state index contributed by atoms with van der Waals surface area (Å²) in [5.41, 5.74) is 1.82. The summed E-state index contributed by atoms with van der Waals surface area (Å²) in [5, 5.41) is 9.27. The second-order valence-electron chi connectivity index (χ2n) is 8.45. The van der Waals surface area contributed by atoms with E-state index in [1.807, 2.05) is 33.8 Å². The lowest BCUT2D eigenvalue weighted by molar-refractivity contribution is 0.00578. The van der Waals surface area contributed by atoms with Crippen molar-refractivity contribution in [3.05, 3.63) is 17.2 Å². The Kier molecular flexibility index (Phi) is 4.52. The molecule has 0 radical (unpaired) electrons. The first kappa shape index (κ1) is 19.4. The standard InChI is InChI=1S/C19H26BNO7/c1-18(2)19(3,4)28-20(27-18)12-8-13-16(26-10-25-13)15-11(12)6-7-24-14(15)9-21(5)17(22)23/h8,14H,6-7,9-10H2,1-5H3,(H,22,23). The first-order valence-corrected chi connectivity index (χ1v) is 9.47. The van der Waals surface area contributed by atoms with Gasteiger partial charge in [-0.15, -0.1) is 0 Å². The number of hydrogen-bond donors (Lipinski definition) is 1. The van der Waals surface area contributed by atoms with Gasteiger partial charge < -0.3 is 33.5 Å². The molecule has 1 saturated heterocycles. The molecular formula is C19H26BNO7. The summed E-state index contributed by atoms with van der Waals surface area (Å²) in [5.74, 6) is 1.23. The minimum Gasteiger partial charge on any atom is -0.465 e. The molecule has 8 nitrogen and oxygen atoms in total. The summed E-state index contributed by atoms with van der Waals surface area (Å²) in [6.07, 6.45) is -0.784. The number of likely N-dealkylation sites (N-methyl/N-ethyl adjacent to an activating group) is 1. The molecule has 1 aromatic rings. The van der Waals surface area contributed by atoms with Crippen molar-refractivity contribution in [3.63, 3.8) is 0 Å². The highest BCUT2D eigenvalue weighted by atomic mass is 16.7. The third-order valence-corrected chi connectivity index (χ3v) is 6.11. The first-order chi connectivity index (χ1) is 13.1. The van der Waals surface area contributed by atoms with Gasteiger partial charge in [-0.1, -0.05) is 0 Å². The Hall–Kier alpha value is -1.97. The van der Waals surface area contributed by atoms with Crippen LogP contribution in [0.5, 0.6) is 11.5 Å². The van der Waals surface area contributed by atoms with E-state index in [9.17, 15) is 9.90 Å². The lowest BCUT2D eigenvalue weighted by Gasteiger charge is -2.32. The van der Waals surface area contributed by atoms with E-state index in [1.54, 1.807) is 0 Å². The van der Waals surface area contributed by atoms with E-state index in [0.29, 0.717) is 24.5 Å². The minimum absolute atomic E-state index is 0.121. The van der Waals surface area contributed by atoms with Gasteiger partial charge in [0.15, 0.2) is 11.5 Å². The van der Waals surface area contributed by atoms with Gasteiger partial charge in [-0.3, -0.25) is 0 Å². The van der Waals surface area contributed by atoms with Crippen LogP contribution in [-0.4, -0.2) is 61.4 Å². The quantitative estimate of drug-likeness (QED) is 0.788. The Balaban J connectivity index is 1.78. The third-order valence-electron chi connectivity index (χ3n) is 6.11. The van der Waals surface area contributed by atoms with Crippen molar-refractivity contribution < 1.29 is 33.4 Å². The molecule has 0 aliphatic carbocycles. The minimum atomic E-state index is -1.01. The van der Waals surface area contributed by atoms with Crippen LogP contribution >= 0.6 is 0 Å². The molecular weight excluding hydrogens is 365 g/mol. The van der Waals surface area contributed by atoms with Crippen LogP contribution in [0.15, 0.2) is 6.07 Å². The summed E-state index contributed by atoms with van der Waals surface area (Å²) in [4.78, 5) is 12.5. The number of hydrogen-bond acceptors (Lipinski definition) is 6. The van der Waals surface area contributed by atoms with Crippen molar-refractivity contribution in [1.82, 2.24) is 4.90 Å². The van der Waals surface area contributed by atoms with E-state index >= 15 is 0 Å². The molecule has 0 spiro atoms. The van der Waals surface area contributed by atoms with Gasteiger partial charge in [-0.25, -0.2) is 4.79 Å². The topological polar surface area (TPSA) is 86.7 Å². The van der Waals surface area contributed by atoms with Crippen LogP contribution in [-0.2, 0) is 20.5 Å². The fraction of sp³-hybridized carbons (Fsp3) is 0.632. The van der Waals surface area contributed by atoms with Crippen LogP contribution < -0.4 is 14.9 Å². The molecule has 1 N–H and O–H groups in total. The maximum Gasteiger partial charge on any atom is 0.495 e. The predicted molar refractivity (Wildman–Crippen MR) is 101 cm³/mol. The fourth-order valence-electron chi connectivity index (χ4n) is 3.78. The molecule has 152 valence electrons. The molecule has 28 heavy (non-hydrogen) atoms. The molecule has 3 heterocycles. The third kappa shape index (κ3) is 3.02. The number of carbonyl (C=O) groups is 1. The Morgan fingerprint density at radius 3 is 2.57 bits per heavy atom. The maximum atomic E-state index is 11.3. The van der Waals surface area contributed by atoms with Gasteiger partial charge >= 0.3 is 13.2 Å². The number of ether oxygens (including phenoxy) is 3. The van der Waals surface area contributed by atoms with Gasteiger partial charge in [0.05, 0.1) is 24.4 Å². The van der Waals surface area contributed by atoms with E-state index in [0.717, 1.165) is 16.6 Å². The van der Waals surface area contributed by atoms with Gasteiger partial charge in [0.25, 0.3) is 0 Å². The van der Waals surface area contributed by atoms with Crippen molar-refractivity contribution in [2.75, 3.05) is 27.0 Å². The summed E-state index contributed by atoms with van der Waals surface area (Å²) in [7, 11) is 0.986. The van der Waals surface area contributed by atoms with Gasteiger partial charge in [0.2, 0.25) is 6.79 Å². The lowest BCUT2D eigenvalue weighted by Crippen LogP contribution is -2.41. The van der Waals surface area contributed by atoms with Crippen molar-refractivity contribution in [2.45, 2.75) is 51.4 Å². The van der Waals surface area contributed by atoms with Gasteiger partial charge in [0.1, 0.15) is 6.10 Å².